The third kappa shape index (κ3) is 6.04. The van der Waals surface area contributed by atoms with Crippen molar-refractivity contribution in [3.05, 3.63) is 41.5 Å². The Kier molecular flexibility index (Phi) is 7.61. The van der Waals surface area contributed by atoms with Gasteiger partial charge in [-0.25, -0.2) is 0 Å². The Morgan fingerprint density at radius 3 is 2.72 bits per heavy atom. The predicted octanol–water partition coefficient (Wildman–Crippen LogP) is 2.23. The van der Waals surface area contributed by atoms with E-state index >= 15 is 0 Å². The number of rotatable bonds is 9. The molecule has 3 rings (SSSR count). The number of amides is 2. The first-order chi connectivity index (χ1) is 14.2. The molecule has 1 aromatic heterocycles. The summed E-state index contributed by atoms with van der Waals surface area (Å²) < 4.78 is 7.68. The second-order valence-electron chi connectivity index (χ2n) is 7.18. The van der Waals surface area contributed by atoms with Crippen molar-refractivity contribution in [1.82, 2.24) is 25.4 Å². The summed E-state index contributed by atoms with van der Waals surface area (Å²) in [7, 11) is 0. The maximum Gasteiger partial charge on any atom is 0.251 e. The number of unbranched alkanes of at least 4 members (excludes halogenated alkanes) is 1. The predicted molar refractivity (Wildman–Crippen MR) is 109 cm³/mol. The van der Waals surface area contributed by atoms with Gasteiger partial charge in [0.1, 0.15) is 11.6 Å². The monoisotopic (exact) mass is 399 g/mol. The third-order valence-electron chi connectivity index (χ3n) is 4.92. The lowest BCUT2D eigenvalue weighted by Crippen LogP contribution is -2.37. The van der Waals surface area contributed by atoms with Crippen LogP contribution in [0.3, 0.4) is 0 Å². The number of hydrogen-bond acceptors (Lipinski definition) is 5. The standard InChI is InChI=1S/C21H29N5O3/c1-2-3-13-29-17-10-8-16(9-11-17)21(28)23-15-20(27)22-14-19-25-24-18-7-5-4-6-12-26(18)19/h8-11H,2-7,12-15H2,1H3,(H,22,27)(H,23,28). The maximum absolute atomic E-state index is 12.2. The van der Waals surface area contributed by atoms with Gasteiger partial charge < -0.3 is 19.9 Å². The van der Waals surface area contributed by atoms with E-state index < -0.39 is 0 Å². The molecule has 0 saturated carbocycles. The molecule has 2 N–H and O–H groups in total. The molecular formula is C21H29N5O3. The van der Waals surface area contributed by atoms with E-state index in [4.69, 9.17) is 4.74 Å². The van der Waals surface area contributed by atoms with Gasteiger partial charge in [0.15, 0.2) is 5.82 Å². The highest BCUT2D eigenvalue weighted by molar-refractivity contribution is 5.96. The molecule has 0 radical (unpaired) electrons. The summed E-state index contributed by atoms with van der Waals surface area (Å²) in [5, 5.41) is 13.9. The topological polar surface area (TPSA) is 98.1 Å². The number of nitrogens with one attached hydrogen (secondary N) is 2. The number of carbonyl (C=O) groups excluding carboxylic acids is 2. The molecule has 0 saturated heterocycles. The fourth-order valence-electron chi connectivity index (χ4n) is 3.22. The average Bonchev–Trinajstić information content (AvgIpc) is 2.97. The van der Waals surface area contributed by atoms with Crippen LogP contribution >= 0.6 is 0 Å². The summed E-state index contributed by atoms with van der Waals surface area (Å²) in [6, 6.07) is 6.92. The van der Waals surface area contributed by atoms with Crippen molar-refractivity contribution in [1.29, 1.82) is 0 Å². The summed E-state index contributed by atoms with van der Waals surface area (Å²) >= 11 is 0. The summed E-state index contributed by atoms with van der Waals surface area (Å²) in [6.07, 6.45) is 6.41. The molecule has 1 aliphatic rings. The van der Waals surface area contributed by atoms with Gasteiger partial charge in [0, 0.05) is 18.5 Å². The number of fused-ring (bicyclic) bond motifs is 1. The summed E-state index contributed by atoms with van der Waals surface area (Å²) in [6.45, 7) is 3.88. The van der Waals surface area contributed by atoms with E-state index in [1.165, 1.54) is 6.42 Å². The number of benzene rings is 1. The smallest absolute Gasteiger partial charge is 0.251 e. The lowest BCUT2D eigenvalue weighted by molar-refractivity contribution is -0.120. The van der Waals surface area contributed by atoms with E-state index in [9.17, 15) is 9.59 Å². The van der Waals surface area contributed by atoms with Crippen molar-refractivity contribution in [2.45, 2.75) is 58.5 Å². The Hall–Kier alpha value is -2.90. The molecule has 0 fully saturated rings. The van der Waals surface area contributed by atoms with Gasteiger partial charge in [-0.1, -0.05) is 19.8 Å². The van der Waals surface area contributed by atoms with Crippen molar-refractivity contribution < 1.29 is 14.3 Å². The molecule has 2 amide bonds. The number of aromatic nitrogens is 3. The Labute approximate surface area is 171 Å². The molecule has 156 valence electrons. The van der Waals surface area contributed by atoms with Crippen LogP contribution in [0, 0.1) is 0 Å². The van der Waals surface area contributed by atoms with Crippen LogP contribution in [-0.2, 0) is 24.3 Å². The molecule has 1 aromatic carbocycles. The first kappa shape index (κ1) is 20.8. The molecule has 0 unspecified atom stereocenters. The van der Waals surface area contributed by atoms with E-state index in [1.54, 1.807) is 24.3 Å². The summed E-state index contributed by atoms with van der Waals surface area (Å²) in [4.78, 5) is 24.3. The van der Waals surface area contributed by atoms with Crippen LogP contribution in [-0.4, -0.2) is 39.7 Å². The zero-order valence-electron chi connectivity index (χ0n) is 16.9. The number of aryl methyl sites for hydroxylation is 1. The zero-order chi connectivity index (χ0) is 20.5. The SMILES string of the molecule is CCCCOc1ccc(C(=O)NCC(=O)NCc2nnc3n2CCCCC3)cc1. The summed E-state index contributed by atoms with van der Waals surface area (Å²) in [5.41, 5.74) is 0.489. The van der Waals surface area contributed by atoms with Gasteiger partial charge in [-0.2, -0.15) is 0 Å². The van der Waals surface area contributed by atoms with Crippen LogP contribution in [0.4, 0.5) is 0 Å². The van der Waals surface area contributed by atoms with Gasteiger partial charge in [-0.3, -0.25) is 9.59 Å². The quantitative estimate of drug-likeness (QED) is 0.630. The second kappa shape index (κ2) is 10.6. The maximum atomic E-state index is 12.2. The molecule has 2 aromatic rings. The Balaban J connectivity index is 1.42. The minimum absolute atomic E-state index is 0.0887. The van der Waals surface area contributed by atoms with Gasteiger partial charge in [0.2, 0.25) is 5.91 Å². The first-order valence-corrected chi connectivity index (χ1v) is 10.4. The minimum Gasteiger partial charge on any atom is -0.494 e. The average molecular weight is 399 g/mol. The number of nitrogens with zero attached hydrogens (tertiary/aromatic N) is 3. The van der Waals surface area contributed by atoms with Gasteiger partial charge >= 0.3 is 0 Å². The van der Waals surface area contributed by atoms with Crippen LogP contribution in [0.2, 0.25) is 0 Å². The fourth-order valence-corrected chi connectivity index (χ4v) is 3.22. The highest BCUT2D eigenvalue weighted by atomic mass is 16.5. The fraction of sp³-hybridized carbons (Fsp3) is 0.524. The number of ether oxygens (including phenoxy) is 1. The molecule has 8 nitrogen and oxygen atoms in total. The first-order valence-electron chi connectivity index (χ1n) is 10.4. The Bertz CT molecular complexity index is 816. The minimum atomic E-state index is -0.295. The van der Waals surface area contributed by atoms with E-state index in [0.717, 1.165) is 56.0 Å². The number of hydrogen-bond donors (Lipinski definition) is 2. The van der Waals surface area contributed by atoms with Crippen molar-refractivity contribution >= 4 is 11.8 Å². The van der Waals surface area contributed by atoms with E-state index in [-0.39, 0.29) is 18.4 Å². The van der Waals surface area contributed by atoms with E-state index in [2.05, 4.69) is 32.3 Å². The van der Waals surface area contributed by atoms with Crippen molar-refractivity contribution in [2.24, 2.45) is 0 Å². The lowest BCUT2D eigenvalue weighted by Gasteiger charge is -2.09. The largest absolute Gasteiger partial charge is 0.494 e. The van der Waals surface area contributed by atoms with Crippen molar-refractivity contribution in [2.75, 3.05) is 13.2 Å². The molecule has 8 heteroatoms. The van der Waals surface area contributed by atoms with Gasteiger partial charge in [0.05, 0.1) is 19.7 Å². The van der Waals surface area contributed by atoms with Crippen LogP contribution < -0.4 is 15.4 Å². The van der Waals surface area contributed by atoms with Crippen LogP contribution in [0.5, 0.6) is 5.75 Å². The highest BCUT2D eigenvalue weighted by Crippen LogP contribution is 2.14. The zero-order valence-corrected chi connectivity index (χ0v) is 16.9. The van der Waals surface area contributed by atoms with Gasteiger partial charge in [0.25, 0.3) is 5.91 Å². The number of carbonyl (C=O) groups is 2. The highest BCUT2D eigenvalue weighted by Gasteiger charge is 2.15. The second-order valence-corrected chi connectivity index (χ2v) is 7.18. The third-order valence-corrected chi connectivity index (χ3v) is 4.92. The molecule has 1 aliphatic heterocycles. The molecule has 0 aliphatic carbocycles. The van der Waals surface area contributed by atoms with Crippen LogP contribution in [0.15, 0.2) is 24.3 Å². The molecule has 2 heterocycles. The Morgan fingerprint density at radius 2 is 1.93 bits per heavy atom. The van der Waals surface area contributed by atoms with Gasteiger partial charge in [-0.15, -0.1) is 10.2 Å². The molecule has 0 bridgehead atoms. The van der Waals surface area contributed by atoms with Gasteiger partial charge in [-0.05, 0) is 43.5 Å². The lowest BCUT2D eigenvalue weighted by atomic mass is 10.2. The molecule has 0 atom stereocenters. The summed E-state index contributed by atoms with van der Waals surface area (Å²) in [5.74, 6) is 1.93. The van der Waals surface area contributed by atoms with Crippen LogP contribution in [0.25, 0.3) is 0 Å². The molecular weight excluding hydrogens is 370 g/mol. The Morgan fingerprint density at radius 1 is 1.10 bits per heavy atom. The van der Waals surface area contributed by atoms with E-state index in [0.29, 0.717) is 18.7 Å². The molecule has 0 spiro atoms. The van der Waals surface area contributed by atoms with Crippen molar-refractivity contribution in [3.8, 4) is 5.75 Å². The van der Waals surface area contributed by atoms with Crippen molar-refractivity contribution in [3.63, 3.8) is 0 Å². The normalized spacial score (nSPS) is 13.3. The van der Waals surface area contributed by atoms with Crippen LogP contribution in [0.1, 0.15) is 61.0 Å². The van der Waals surface area contributed by atoms with E-state index in [1.807, 2.05) is 0 Å². The molecule has 29 heavy (non-hydrogen) atoms.